The number of carbonyl (C=O) groups is 1. The summed E-state index contributed by atoms with van der Waals surface area (Å²) in [5.74, 6) is -1.02. The van der Waals surface area contributed by atoms with Crippen LogP contribution in [0.15, 0.2) is 48.5 Å². The van der Waals surface area contributed by atoms with E-state index in [1.54, 1.807) is 6.07 Å². The number of hydrogen-bond donors (Lipinski definition) is 0. The van der Waals surface area contributed by atoms with Crippen LogP contribution in [0, 0.1) is 0 Å². The molecule has 0 unspecified atom stereocenters. The molecular weight excluding hydrogens is 269 g/mol. The van der Waals surface area contributed by atoms with E-state index in [2.05, 4.69) is 4.74 Å². The number of ether oxygens (including phenoxy) is 1. The topological polar surface area (TPSA) is 26.3 Å². The quantitative estimate of drug-likeness (QED) is 0.628. The second kappa shape index (κ2) is 5.77. The lowest BCUT2D eigenvalue weighted by Crippen LogP contribution is -2.19. The molecule has 0 amide bonds. The Morgan fingerprint density at radius 2 is 1.80 bits per heavy atom. The molecule has 0 bridgehead atoms. The number of halogens is 3. The molecule has 2 rings (SSSR count). The number of esters is 1. The normalized spacial score (nSPS) is 11.9. The minimum Gasteiger partial charge on any atom is -0.453 e. The van der Waals surface area contributed by atoms with Crippen molar-refractivity contribution in [2.45, 2.75) is 6.18 Å². The molecule has 0 aliphatic carbocycles. The highest BCUT2D eigenvalue weighted by Gasteiger charge is 2.29. The van der Waals surface area contributed by atoms with Gasteiger partial charge in [0.25, 0.3) is 0 Å². The van der Waals surface area contributed by atoms with Crippen molar-refractivity contribution in [1.29, 1.82) is 0 Å². The molecule has 0 spiro atoms. The highest BCUT2D eigenvalue weighted by atomic mass is 19.4. The molecule has 0 aliphatic rings. The van der Waals surface area contributed by atoms with Crippen LogP contribution in [0.25, 0.3) is 16.8 Å². The molecule has 0 atom stereocenters. The third-order valence-corrected chi connectivity index (χ3v) is 2.60. The molecule has 20 heavy (non-hydrogen) atoms. The van der Waals surface area contributed by atoms with E-state index in [9.17, 15) is 18.0 Å². The lowest BCUT2D eigenvalue weighted by atomic mass is 10.0. The molecule has 0 saturated carbocycles. The van der Waals surface area contributed by atoms with Gasteiger partial charge in [0, 0.05) is 6.08 Å². The fourth-order valence-corrected chi connectivity index (χ4v) is 1.75. The first-order chi connectivity index (χ1) is 9.46. The van der Waals surface area contributed by atoms with E-state index in [4.69, 9.17) is 0 Å². The van der Waals surface area contributed by atoms with Gasteiger partial charge in [0.2, 0.25) is 0 Å². The average Bonchev–Trinajstić information content (AvgIpc) is 2.42. The maximum Gasteiger partial charge on any atom is 0.422 e. The molecule has 0 fully saturated rings. The number of alkyl halides is 3. The molecule has 0 saturated heterocycles. The van der Waals surface area contributed by atoms with Crippen LogP contribution < -0.4 is 0 Å². The van der Waals surface area contributed by atoms with Crippen LogP contribution in [0.5, 0.6) is 0 Å². The van der Waals surface area contributed by atoms with Gasteiger partial charge in [-0.05, 0) is 22.4 Å². The monoisotopic (exact) mass is 280 g/mol. The zero-order valence-corrected chi connectivity index (χ0v) is 10.4. The van der Waals surface area contributed by atoms with Gasteiger partial charge in [0.15, 0.2) is 6.61 Å². The highest BCUT2D eigenvalue weighted by molar-refractivity contribution is 5.94. The zero-order valence-electron chi connectivity index (χ0n) is 10.4. The fraction of sp³-hybridized carbons (Fsp3) is 0.133. The minimum atomic E-state index is -4.51. The third kappa shape index (κ3) is 3.85. The van der Waals surface area contributed by atoms with E-state index in [1.807, 2.05) is 36.4 Å². The number of hydrogen-bond acceptors (Lipinski definition) is 2. The highest BCUT2D eigenvalue weighted by Crippen LogP contribution is 2.20. The van der Waals surface area contributed by atoms with Crippen LogP contribution in [0.2, 0.25) is 0 Å². The zero-order chi connectivity index (χ0) is 14.6. The molecule has 0 radical (unpaired) electrons. The number of benzene rings is 2. The molecule has 2 nitrogen and oxygen atoms in total. The van der Waals surface area contributed by atoms with Gasteiger partial charge in [-0.1, -0.05) is 42.5 Å². The van der Waals surface area contributed by atoms with Gasteiger partial charge in [-0.2, -0.15) is 13.2 Å². The van der Waals surface area contributed by atoms with Gasteiger partial charge >= 0.3 is 12.1 Å². The molecule has 0 N–H and O–H groups in total. The molecular formula is C15H11F3O2. The van der Waals surface area contributed by atoms with Crippen LogP contribution in [-0.4, -0.2) is 18.8 Å². The second-order valence-electron chi connectivity index (χ2n) is 4.12. The van der Waals surface area contributed by atoms with E-state index in [0.29, 0.717) is 0 Å². The Morgan fingerprint density at radius 3 is 2.55 bits per heavy atom. The lowest BCUT2D eigenvalue weighted by molar-refractivity contribution is -0.182. The van der Waals surface area contributed by atoms with Crippen molar-refractivity contribution in [3.05, 3.63) is 54.1 Å². The predicted molar refractivity (Wildman–Crippen MR) is 70.0 cm³/mol. The SMILES string of the molecule is O=C(/C=C/c1cccc2ccccc12)OCC(F)(F)F. The van der Waals surface area contributed by atoms with Crippen molar-refractivity contribution in [1.82, 2.24) is 0 Å². The standard InChI is InChI=1S/C15H11F3O2/c16-15(17,18)10-20-14(19)9-8-12-6-3-5-11-4-1-2-7-13(11)12/h1-9H,10H2/b9-8+. The minimum absolute atomic E-state index is 0.743. The van der Waals surface area contributed by atoms with Crippen molar-refractivity contribution < 1.29 is 22.7 Å². The maximum absolute atomic E-state index is 11.9. The van der Waals surface area contributed by atoms with Gasteiger partial charge in [0.1, 0.15) is 0 Å². The Morgan fingerprint density at radius 1 is 1.10 bits per heavy atom. The first-order valence-corrected chi connectivity index (χ1v) is 5.85. The molecule has 2 aromatic rings. The Labute approximate surface area is 113 Å². The fourth-order valence-electron chi connectivity index (χ4n) is 1.75. The van der Waals surface area contributed by atoms with Crippen LogP contribution in [-0.2, 0) is 9.53 Å². The smallest absolute Gasteiger partial charge is 0.422 e. The van der Waals surface area contributed by atoms with Crippen molar-refractivity contribution in [2.75, 3.05) is 6.61 Å². The Kier molecular flexibility index (Phi) is 4.08. The summed E-state index contributed by atoms with van der Waals surface area (Å²) in [5, 5.41) is 1.90. The molecule has 2 aromatic carbocycles. The van der Waals surface area contributed by atoms with Gasteiger partial charge in [-0.3, -0.25) is 0 Å². The Balaban J connectivity index is 2.12. The number of fused-ring (bicyclic) bond motifs is 1. The first-order valence-electron chi connectivity index (χ1n) is 5.85. The van der Waals surface area contributed by atoms with Crippen LogP contribution in [0.1, 0.15) is 5.56 Å². The predicted octanol–water partition coefficient (Wildman–Crippen LogP) is 3.96. The number of rotatable bonds is 3. The summed E-state index contributed by atoms with van der Waals surface area (Å²) in [6.07, 6.45) is -2.07. The van der Waals surface area contributed by atoms with Crippen molar-refractivity contribution in [3.8, 4) is 0 Å². The summed E-state index contributed by atoms with van der Waals surface area (Å²) in [6.45, 7) is -1.58. The van der Waals surface area contributed by atoms with Gasteiger partial charge < -0.3 is 4.74 Å². The van der Waals surface area contributed by atoms with Gasteiger partial charge in [-0.15, -0.1) is 0 Å². The lowest BCUT2D eigenvalue weighted by Gasteiger charge is -2.05. The molecule has 0 aromatic heterocycles. The van der Waals surface area contributed by atoms with Crippen molar-refractivity contribution in [2.24, 2.45) is 0 Å². The maximum atomic E-state index is 11.9. The summed E-state index contributed by atoms with van der Waals surface area (Å²) >= 11 is 0. The van der Waals surface area contributed by atoms with Crippen molar-refractivity contribution >= 4 is 22.8 Å². The third-order valence-electron chi connectivity index (χ3n) is 2.60. The van der Waals surface area contributed by atoms with E-state index < -0.39 is 18.8 Å². The molecule has 0 aliphatic heterocycles. The summed E-state index contributed by atoms with van der Waals surface area (Å²) in [5.41, 5.74) is 0.743. The van der Waals surface area contributed by atoms with Gasteiger partial charge in [0.05, 0.1) is 0 Å². The van der Waals surface area contributed by atoms with E-state index in [0.717, 1.165) is 22.4 Å². The van der Waals surface area contributed by atoms with E-state index in [-0.39, 0.29) is 0 Å². The average molecular weight is 280 g/mol. The largest absolute Gasteiger partial charge is 0.453 e. The Bertz CT molecular complexity index is 640. The van der Waals surface area contributed by atoms with Crippen LogP contribution >= 0.6 is 0 Å². The summed E-state index contributed by atoms with van der Waals surface area (Å²) in [6, 6.07) is 13.0. The second-order valence-corrected chi connectivity index (χ2v) is 4.12. The summed E-state index contributed by atoms with van der Waals surface area (Å²) in [7, 11) is 0. The molecule has 104 valence electrons. The van der Waals surface area contributed by atoms with Crippen LogP contribution in [0.3, 0.4) is 0 Å². The molecule has 5 heteroatoms. The number of carbonyl (C=O) groups excluding carboxylic acids is 1. The molecule has 0 heterocycles. The summed E-state index contributed by atoms with van der Waals surface area (Å²) < 4.78 is 39.7. The van der Waals surface area contributed by atoms with E-state index >= 15 is 0 Å². The van der Waals surface area contributed by atoms with Gasteiger partial charge in [-0.25, -0.2) is 4.79 Å². The Hall–Kier alpha value is -2.30. The van der Waals surface area contributed by atoms with Crippen LogP contribution in [0.4, 0.5) is 13.2 Å². The van der Waals surface area contributed by atoms with E-state index in [1.165, 1.54) is 6.08 Å². The first kappa shape index (κ1) is 14.1. The van der Waals surface area contributed by atoms with Crippen molar-refractivity contribution in [3.63, 3.8) is 0 Å². The summed E-state index contributed by atoms with van der Waals surface area (Å²) in [4.78, 5) is 11.2.